The number of amides is 2. The number of benzene rings is 3. The Morgan fingerprint density at radius 3 is 1.83 bits per heavy atom. The maximum atomic E-state index is 13.7. The van der Waals surface area contributed by atoms with Crippen LogP contribution in [0, 0.1) is 0 Å². The van der Waals surface area contributed by atoms with Crippen molar-refractivity contribution < 1.29 is 9.59 Å². The lowest BCUT2D eigenvalue weighted by atomic mass is 10.0. The molecule has 2 amide bonds. The molecule has 0 radical (unpaired) electrons. The van der Waals surface area contributed by atoms with E-state index in [1.54, 1.807) is 17.3 Å². The van der Waals surface area contributed by atoms with Crippen molar-refractivity contribution in [2.45, 2.75) is 32.0 Å². The van der Waals surface area contributed by atoms with Gasteiger partial charge < -0.3 is 10.2 Å². The third-order valence-corrected chi connectivity index (χ3v) is 5.88. The normalized spacial score (nSPS) is 11.4. The molecule has 1 N–H and O–H groups in total. The number of nitrogens with zero attached hydrogens (tertiary/aromatic N) is 2. The Kier molecular flexibility index (Phi) is 8.38. The van der Waals surface area contributed by atoms with Gasteiger partial charge in [-0.1, -0.05) is 91.0 Å². The summed E-state index contributed by atoms with van der Waals surface area (Å²) in [4.78, 5) is 33.0. The van der Waals surface area contributed by atoms with Crippen molar-refractivity contribution in [3.8, 4) is 0 Å². The number of nitrogens with one attached hydrogen (secondary N) is 1. The van der Waals surface area contributed by atoms with Gasteiger partial charge in [0, 0.05) is 31.9 Å². The highest BCUT2D eigenvalue weighted by Crippen LogP contribution is 2.17. The maximum absolute atomic E-state index is 13.7. The van der Waals surface area contributed by atoms with Gasteiger partial charge in [-0.15, -0.1) is 0 Å². The van der Waals surface area contributed by atoms with Crippen LogP contribution >= 0.6 is 0 Å². The lowest BCUT2D eigenvalue weighted by molar-refractivity contribution is -0.140. The molecule has 5 heteroatoms. The largest absolute Gasteiger partial charge is 0.350 e. The van der Waals surface area contributed by atoms with E-state index in [0.717, 1.165) is 22.3 Å². The molecule has 4 rings (SSSR count). The Morgan fingerprint density at radius 2 is 1.23 bits per heavy atom. The molecule has 1 atom stereocenters. The summed E-state index contributed by atoms with van der Waals surface area (Å²) >= 11 is 0. The maximum Gasteiger partial charge on any atom is 0.243 e. The van der Waals surface area contributed by atoms with Crippen LogP contribution in [-0.2, 0) is 35.5 Å². The van der Waals surface area contributed by atoms with Crippen molar-refractivity contribution in [3.05, 3.63) is 138 Å². The van der Waals surface area contributed by atoms with E-state index in [9.17, 15) is 9.59 Å². The Balaban J connectivity index is 1.62. The second-order valence-electron chi connectivity index (χ2n) is 8.45. The Labute approximate surface area is 206 Å². The zero-order valence-electron chi connectivity index (χ0n) is 19.6. The van der Waals surface area contributed by atoms with Crippen molar-refractivity contribution in [1.82, 2.24) is 15.2 Å². The Bertz CT molecular complexity index is 1200. The summed E-state index contributed by atoms with van der Waals surface area (Å²) in [5, 5.41) is 3.04. The average Bonchev–Trinajstić information content (AvgIpc) is 2.91. The average molecular weight is 464 g/mol. The van der Waals surface area contributed by atoms with Gasteiger partial charge in [-0.25, -0.2) is 0 Å². The van der Waals surface area contributed by atoms with Crippen LogP contribution in [0.1, 0.15) is 22.3 Å². The third-order valence-electron chi connectivity index (χ3n) is 5.88. The molecule has 0 aliphatic carbocycles. The van der Waals surface area contributed by atoms with Gasteiger partial charge in [-0.05, 0) is 34.4 Å². The molecule has 5 nitrogen and oxygen atoms in total. The predicted molar refractivity (Wildman–Crippen MR) is 137 cm³/mol. The van der Waals surface area contributed by atoms with Gasteiger partial charge in [0.05, 0.1) is 6.42 Å². The molecule has 3 aromatic carbocycles. The van der Waals surface area contributed by atoms with Crippen molar-refractivity contribution in [1.29, 1.82) is 0 Å². The highest BCUT2D eigenvalue weighted by atomic mass is 16.2. The number of hydrogen-bond donors (Lipinski definition) is 1. The number of rotatable bonds is 10. The van der Waals surface area contributed by atoms with Crippen LogP contribution in [0.25, 0.3) is 0 Å². The molecule has 4 aromatic rings. The molecular formula is C30H29N3O2. The quantitative estimate of drug-likeness (QED) is 0.374. The highest BCUT2D eigenvalue weighted by molar-refractivity contribution is 5.88. The van der Waals surface area contributed by atoms with Gasteiger partial charge in [0.25, 0.3) is 0 Å². The first kappa shape index (κ1) is 23.9. The zero-order chi connectivity index (χ0) is 24.3. The summed E-state index contributed by atoms with van der Waals surface area (Å²) in [6.07, 6.45) is 4.06. The van der Waals surface area contributed by atoms with Gasteiger partial charge in [-0.2, -0.15) is 0 Å². The van der Waals surface area contributed by atoms with Crippen molar-refractivity contribution in [2.75, 3.05) is 0 Å². The van der Waals surface area contributed by atoms with Crippen LogP contribution in [0.4, 0.5) is 0 Å². The zero-order valence-corrected chi connectivity index (χ0v) is 19.6. The van der Waals surface area contributed by atoms with E-state index in [0.29, 0.717) is 19.5 Å². The first-order chi connectivity index (χ1) is 17.2. The molecule has 1 unspecified atom stereocenters. The summed E-state index contributed by atoms with van der Waals surface area (Å²) in [5.41, 5.74) is 3.86. The van der Waals surface area contributed by atoms with E-state index in [4.69, 9.17) is 0 Å². The topological polar surface area (TPSA) is 62.3 Å². The molecular weight excluding hydrogens is 434 g/mol. The summed E-state index contributed by atoms with van der Waals surface area (Å²) < 4.78 is 0. The molecule has 1 heterocycles. The van der Waals surface area contributed by atoms with Crippen molar-refractivity contribution in [2.24, 2.45) is 0 Å². The minimum absolute atomic E-state index is 0.0833. The van der Waals surface area contributed by atoms with Crippen LogP contribution in [0.3, 0.4) is 0 Å². The molecule has 0 saturated carbocycles. The predicted octanol–water partition coefficient (Wildman–Crippen LogP) is 4.58. The fourth-order valence-corrected chi connectivity index (χ4v) is 4.01. The van der Waals surface area contributed by atoms with Gasteiger partial charge in [0.15, 0.2) is 0 Å². The fraction of sp³-hybridized carbons (Fsp3) is 0.167. The molecule has 0 spiro atoms. The van der Waals surface area contributed by atoms with Crippen LogP contribution in [0.15, 0.2) is 116 Å². The fourth-order valence-electron chi connectivity index (χ4n) is 4.01. The smallest absolute Gasteiger partial charge is 0.243 e. The monoisotopic (exact) mass is 463 g/mol. The van der Waals surface area contributed by atoms with Gasteiger partial charge in [0.1, 0.15) is 6.04 Å². The van der Waals surface area contributed by atoms with E-state index in [2.05, 4.69) is 10.3 Å². The molecule has 35 heavy (non-hydrogen) atoms. The molecule has 176 valence electrons. The van der Waals surface area contributed by atoms with Crippen LogP contribution in [0.5, 0.6) is 0 Å². The summed E-state index contributed by atoms with van der Waals surface area (Å²) in [5.74, 6) is -0.261. The first-order valence-corrected chi connectivity index (χ1v) is 11.8. The second-order valence-corrected chi connectivity index (χ2v) is 8.45. The van der Waals surface area contributed by atoms with E-state index in [1.807, 2.05) is 103 Å². The Hall–Kier alpha value is -4.25. The van der Waals surface area contributed by atoms with Crippen LogP contribution < -0.4 is 5.32 Å². The van der Waals surface area contributed by atoms with E-state index in [-0.39, 0.29) is 18.2 Å². The molecule has 0 fully saturated rings. The number of hydrogen-bond acceptors (Lipinski definition) is 3. The highest BCUT2D eigenvalue weighted by Gasteiger charge is 2.30. The van der Waals surface area contributed by atoms with Gasteiger partial charge in [0.2, 0.25) is 11.8 Å². The number of aromatic nitrogens is 1. The summed E-state index contributed by atoms with van der Waals surface area (Å²) in [6, 6.07) is 32.4. The molecule has 0 saturated heterocycles. The molecule has 1 aromatic heterocycles. The lowest BCUT2D eigenvalue weighted by Crippen LogP contribution is -2.50. The van der Waals surface area contributed by atoms with Crippen molar-refractivity contribution in [3.63, 3.8) is 0 Å². The first-order valence-electron chi connectivity index (χ1n) is 11.8. The number of carbonyl (C=O) groups excluding carboxylic acids is 2. The van der Waals surface area contributed by atoms with Gasteiger partial charge >= 0.3 is 0 Å². The standard InChI is InChI=1S/C30H29N3O2/c34-29(21-25-12-6-2-7-13-25)33(23-27-14-8-3-9-15-27)28(20-24-10-4-1-5-11-24)30(35)32-22-26-16-18-31-19-17-26/h1-19,28H,20-23H2,(H,32,35). The number of pyridine rings is 1. The van der Waals surface area contributed by atoms with E-state index in [1.165, 1.54) is 0 Å². The minimum Gasteiger partial charge on any atom is -0.350 e. The molecule has 0 aliphatic heterocycles. The second kappa shape index (κ2) is 12.3. The third kappa shape index (κ3) is 7.11. The summed E-state index contributed by atoms with van der Waals surface area (Å²) in [6.45, 7) is 0.728. The van der Waals surface area contributed by atoms with Crippen LogP contribution in [0.2, 0.25) is 0 Å². The summed E-state index contributed by atoms with van der Waals surface area (Å²) in [7, 11) is 0. The van der Waals surface area contributed by atoms with E-state index < -0.39 is 6.04 Å². The van der Waals surface area contributed by atoms with Crippen LogP contribution in [-0.4, -0.2) is 27.7 Å². The lowest BCUT2D eigenvalue weighted by Gasteiger charge is -2.31. The minimum atomic E-state index is -0.657. The van der Waals surface area contributed by atoms with E-state index >= 15 is 0 Å². The molecule has 0 bridgehead atoms. The Morgan fingerprint density at radius 1 is 0.686 bits per heavy atom. The van der Waals surface area contributed by atoms with Crippen molar-refractivity contribution >= 4 is 11.8 Å². The van der Waals surface area contributed by atoms with Gasteiger partial charge in [-0.3, -0.25) is 14.6 Å². The number of carbonyl (C=O) groups is 2. The molecule has 0 aliphatic rings. The SMILES string of the molecule is O=C(NCc1ccncc1)C(Cc1ccccc1)N(Cc1ccccc1)C(=O)Cc1ccccc1.